The lowest BCUT2D eigenvalue weighted by Gasteiger charge is -2.41. The van der Waals surface area contributed by atoms with Crippen LogP contribution in [0.25, 0.3) is 11.3 Å². The number of hydrogen-bond donors (Lipinski definition) is 5. The smallest absolute Gasteiger partial charge is 0.344 e. The van der Waals surface area contributed by atoms with E-state index in [0.717, 1.165) is 19.4 Å². The third-order valence-electron chi connectivity index (χ3n) is 7.73. The molecule has 0 saturated carbocycles. The first-order chi connectivity index (χ1) is 21.1. The van der Waals surface area contributed by atoms with Crippen LogP contribution in [0.3, 0.4) is 0 Å². The van der Waals surface area contributed by atoms with Gasteiger partial charge < -0.3 is 31.2 Å². The molecule has 1 aliphatic heterocycles. The van der Waals surface area contributed by atoms with Crippen LogP contribution >= 0.6 is 0 Å². The topological polar surface area (TPSA) is 196 Å². The molecule has 1 fully saturated rings. The summed E-state index contributed by atoms with van der Waals surface area (Å²) in [5.74, 6) is -1.75. The third kappa shape index (κ3) is 10.00. The van der Waals surface area contributed by atoms with E-state index in [-0.39, 0.29) is 31.2 Å². The van der Waals surface area contributed by atoms with E-state index < -0.39 is 35.0 Å². The van der Waals surface area contributed by atoms with E-state index in [9.17, 15) is 24.0 Å². The number of aromatic nitrogens is 5. The second-order valence-corrected chi connectivity index (χ2v) is 11.3. The zero-order valence-electron chi connectivity index (χ0n) is 25.7. The van der Waals surface area contributed by atoms with E-state index in [1.807, 2.05) is 20.8 Å². The van der Waals surface area contributed by atoms with Gasteiger partial charge in [0.25, 0.3) is 0 Å². The molecule has 2 radical (unpaired) electrons. The van der Waals surface area contributed by atoms with Crippen molar-refractivity contribution < 1.29 is 19.2 Å². The van der Waals surface area contributed by atoms with E-state index in [4.69, 9.17) is 7.85 Å². The average Bonchev–Trinajstić information content (AvgIpc) is 3.48. The SMILES string of the molecule is [B]CNC(=O)CNC(=O)C1(NC(=O)[C@@H](NC(=O)CCCCCn2cc(-c3cnc(=O)[nH]c3)nn2)C(C)C)CCN(CC)CC1. The highest BCUT2D eigenvalue weighted by molar-refractivity contribution is 6.10. The molecule has 1 aliphatic rings. The number of carbonyl (C=O) groups excluding carboxylic acids is 4. The second-order valence-electron chi connectivity index (χ2n) is 11.3. The maximum absolute atomic E-state index is 13.5. The largest absolute Gasteiger partial charge is 0.364 e. The van der Waals surface area contributed by atoms with E-state index >= 15 is 0 Å². The van der Waals surface area contributed by atoms with Crippen LogP contribution in [0.1, 0.15) is 59.3 Å². The highest BCUT2D eigenvalue weighted by Gasteiger charge is 2.44. The van der Waals surface area contributed by atoms with Crippen LogP contribution in [0, 0.1) is 5.92 Å². The van der Waals surface area contributed by atoms with Crippen LogP contribution in [0.15, 0.2) is 23.4 Å². The van der Waals surface area contributed by atoms with Gasteiger partial charge in [-0.2, -0.15) is 0 Å². The standard InChI is InChI=1S/C28H43BN10O5/c1-4-38-12-9-28(10-13-38,26(43)30-16-23(41)33-18-29)35-25(42)24(19(2)3)34-22(40)8-6-5-7-11-39-17-21(36-37-39)20-14-31-27(44)32-15-20/h14-15,17,19,24H,4-13,16,18H2,1-3H3,(H,30,43)(H,33,41)(H,34,40)(H,35,42)(H,31,32,44)/t24-/m0/s1. The van der Waals surface area contributed by atoms with Crippen molar-refractivity contribution >= 4 is 31.5 Å². The summed E-state index contributed by atoms with van der Waals surface area (Å²) < 4.78 is 1.70. The Labute approximate surface area is 258 Å². The van der Waals surface area contributed by atoms with Gasteiger partial charge in [-0.15, -0.1) is 5.10 Å². The molecule has 5 N–H and O–H groups in total. The second kappa shape index (κ2) is 16.7. The van der Waals surface area contributed by atoms with E-state index in [2.05, 4.69) is 46.4 Å². The lowest BCUT2D eigenvalue weighted by Crippen LogP contribution is -2.66. The van der Waals surface area contributed by atoms with Gasteiger partial charge in [-0.1, -0.05) is 32.4 Å². The molecule has 1 saturated heterocycles. The summed E-state index contributed by atoms with van der Waals surface area (Å²) in [5.41, 5.74) is -0.377. The molecule has 2 aromatic heterocycles. The van der Waals surface area contributed by atoms with Crippen molar-refractivity contribution in [2.45, 2.75) is 77.4 Å². The van der Waals surface area contributed by atoms with Crippen LogP contribution in [-0.4, -0.2) is 106 Å². The number of likely N-dealkylation sites (tertiary alicyclic amines) is 1. The summed E-state index contributed by atoms with van der Waals surface area (Å²) >= 11 is 0. The molecule has 44 heavy (non-hydrogen) atoms. The number of nitrogens with one attached hydrogen (secondary N) is 5. The maximum Gasteiger partial charge on any atom is 0.344 e. The molecule has 0 spiro atoms. The fourth-order valence-electron chi connectivity index (χ4n) is 5.02. The molecule has 0 aromatic carbocycles. The van der Waals surface area contributed by atoms with Gasteiger partial charge in [-0.25, -0.2) is 9.78 Å². The zero-order valence-corrected chi connectivity index (χ0v) is 25.7. The molecule has 1 atom stereocenters. The molecule has 0 bridgehead atoms. The lowest BCUT2D eigenvalue weighted by molar-refractivity contribution is -0.138. The van der Waals surface area contributed by atoms with Crippen molar-refractivity contribution in [3.8, 4) is 11.3 Å². The van der Waals surface area contributed by atoms with Gasteiger partial charge >= 0.3 is 5.69 Å². The molecule has 16 heteroatoms. The molecule has 4 amide bonds. The van der Waals surface area contributed by atoms with Crippen molar-refractivity contribution in [2.24, 2.45) is 5.92 Å². The van der Waals surface area contributed by atoms with E-state index in [1.165, 1.54) is 12.4 Å². The minimum Gasteiger partial charge on any atom is -0.364 e. The first-order valence-corrected chi connectivity index (χ1v) is 15.1. The first-order valence-electron chi connectivity index (χ1n) is 15.1. The Kier molecular flexibility index (Phi) is 13.1. The normalized spacial score (nSPS) is 15.4. The average molecular weight is 611 g/mol. The summed E-state index contributed by atoms with van der Waals surface area (Å²) in [6.45, 7) is 8.11. The van der Waals surface area contributed by atoms with Gasteiger partial charge in [0, 0.05) is 44.0 Å². The van der Waals surface area contributed by atoms with Gasteiger partial charge in [0.15, 0.2) is 0 Å². The van der Waals surface area contributed by atoms with Crippen molar-refractivity contribution in [3.05, 3.63) is 29.1 Å². The predicted molar refractivity (Wildman–Crippen MR) is 163 cm³/mol. The molecule has 0 unspecified atom stereocenters. The number of aromatic amines is 1. The number of H-pyrrole nitrogens is 1. The van der Waals surface area contributed by atoms with Gasteiger partial charge in [0.05, 0.1) is 20.6 Å². The number of hydrogen-bond acceptors (Lipinski definition) is 9. The Morgan fingerprint density at radius 1 is 1.09 bits per heavy atom. The summed E-state index contributed by atoms with van der Waals surface area (Å²) in [5, 5.41) is 19.1. The van der Waals surface area contributed by atoms with Crippen molar-refractivity contribution in [1.29, 1.82) is 0 Å². The van der Waals surface area contributed by atoms with Gasteiger partial charge in [0.1, 0.15) is 17.3 Å². The fourth-order valence-corrected chi connectivity index (χ4v) is 5.02. The predicted octanol–water partition coefficient (Wildman–Crippen LogP) is -0.941. The van der Waals surface area contributed by atoms with Crippen LogP contribution in [0.2, 0.25) is 0 Å². The molecule has 2 aromatic rings. The Bertz CT molecular complexity index is 1300. The van der Waals surface area contributed by atoms with Crippen LogP contribution in [0.5, 0.6) is 0 Å². The molecule has 3 rings (SSSR count). The Morgan fingerprint density at radius 3 is 2.48 bits per heavy atom. The molecular formula is C28H43BN10O5. The van der Waals surface area contributed by atoms with E-state index in [1.54, 1.807) is 10.9 Å². The minimum absolute atomic E-state index is 0.0436. The number of carbonyl (C=O) groups is 4. The zero-order chi connectivity index (χ0) is 32.1. The quantitative estimate of drug-likeness (QED) is 0.118. The van der Waals surface area contributed by atoms with Crippen LogP contribution in [-0.2, 0) is 25.7 Å². The Hall–Kier alpha value is -4.08. The number of unbranched alkanes of at least 4 members (excludes halogenated alkanes) is 2. The fraction of sp³-hybridized carbons (Fsp3) is 0.643. The van der Waals surface area contributed by atoms with Crippen molar-refractivity contribution in [3.63, 3.8) is 0 Å². The van der Waals surface area contributed by atoms with Crippen molar-refractivity contribution in [1.82, 2.24) is 51.1 Å². The first kappa shape index (κ1) is 34.4. The van der Waals surface area contributed by atoms with Gasteiger partial charge in [0.2, 0.25) is 23.6 Å². The molecule has 3 heterocycles. The van der Waals surface area contributed by atoms with Crippen LogP contribution in [0.4, 0.5) is 0 Å². The monoisotopic (exact) mass is 610 g/mol. The Balaban J connectivity index is 1.49. The van der Waals surface area contributed by atoms with Crippen molar-refractivity contribution in [2.75, 3.05) is 32.6 Å². The molecule has 15 nitrogen and oxygen atoms in total. The van der Waals surface area contributed by atoms with Gasteiger partial charge in [-0.05, 0) is 44.6 Å². The van der Waals surface area contributed by atoms with E-state index in [0.29, 0.717) is 50.2 Å². The summed E-state index contributed by atoms with van der Waals surface area (Å²) in [4.78, 5) is 71.0. The highest BCUT2D eigenvalue weighted by atomic mass is 16.2. The Morgan fingerprint density at radius 2 is 1.84 bits per heavy atom. The third-order valence-corrected chi connectivity index (χ3v) is 7.73. The minimum atomic E-state index is -1.20. The summed E-state index contributed by atoms with van der Waals surface area (Å²) in [6, 6.07) is -0.826. The van der Waals surface area contributed by atoms with Crippen LogP contribution < -0.4 is 27.0 Å². The van der Waals surface area contributed by atoms with Gasteiger partial charge in [-0.3, -0.25) is 23.9 Å². The maximum atomic E-state index is 13.5. The molecule has 238 valence electrons. The molecular weight excluding hydrogens is 567 g/mol. The number of nitrogens with zero attached hydrogens (tertiary/aromatic N) is 5. The number of amides is 4. The number of piperidine rings is 1. The summed E-state index contributed by atoms with van der Waals surface area (Å²) in [7, 11) is 5.34. The number of aryl methyl sites for hydroxylation is 1. The lowest BCUT2D eigenvalue weighted by atomic mass is 9.85. The molecule has 0 aliphatic carbocycles. The summed E-state index contributed by atoms with van der Waals surface area (Å²) in [6.07, 6.45) is 7.84. The highest BCUT2D eigenvalue weighted by Crippen LogP contribution is 2.24. The number of rotatable bonds is 16.